The largest absolute Gasteiger partial charge is 0.270 e. The minimum absolute atomic E-state index is 0.129. The SMILES string of the molecule is CCCCCCCCCCCCCCCCCS(=O)(=O)OCCC(S)S. The van der Waals surface area contributed by atoms with Gasteiger partial charge in [-0.05, 0) is 12.8 Å². The van der Waals surface area contributed by atoms with Crippen molar-refractivity contribution >= 4 is 35.4 Å². The molecule has 0 heterocycles. The summed E-state index contributed by atoms with van der Waals surface area (Å²) in [6.45, 7) is 2.44. The summed E-state index contributed by atoms with van der Waals surface area (Å²) < 4.78 is 28.2. The van der Waals surface area contributed by atoms with Crippen molar-refractivity contribution in [1.82, 2.24) is 0 Å². The van der Waals surface area contributed by atoms with Crippen molar-refractivity contribution in [1.29, 1.82) is 0 Å². The molecule has 0 aliphatic carbocycles. The fourth-order valence-corrected chi connectivity index (χ4v) is 4.23. The van der Waals surface area contributed by atoms with Crippen molar-refractivity contribution in [2.75, 3.05) is 12.4 Å². The third-order valence-electron chi connectivity index (χ3n) is 4.64. The average Bonchev–Trinajstić information content (AvgIpc) is 2.57. The molecule has 6 heteroatoms. The number of hydrogen-bond donors (Lipinski definition) is 2. The van der Waals surface area contributed by atoms with E-state index in [1.807, 2.05) is 0 Å². The summed E-state index contributed by atoms with van der Waals surface area (Å²) in [5.41, 5.74) is 0. The van der Waals surface area contributed by atoms with E-state index in [0.29, 0.717) is 12.8 Å². The van der Waals surface area contributed by atoms with Crippen LogP contribution in [0, 0.1) is 0 Å². The first kappa shape index (κ1) is 26.6. The zero-order chi connectivity index (χ0) is 19.5. The lowest BCUT2D eigenvalue weighted by atomic mass is 10.0. The first-order chi connectivity index (χ1) is 12.5. The predicted octanol–water partition coefficient (Wildman–Crippen LogP) is 6.78. The number of unbranched alkanes of at least 4 members (excludes halogenated alkanes) is 14. The minimum atomic E-state index is -3.36. The summed E-state index contributed by atoms with van der Waals surface area (Å²) in [6.07, 6.45) is 19.7. The Morgan fingerprint density at radius 2 is 1.08 bits per heavy atom. The first-order valence-electron chi connectivity index (χ1n) is 10.7. The van der Waals surface area contributed by atoms with Crippen LogP contribution in [0.4, 0.5) is 0 Å². The Morgan fingerprint density at radius 1 is 0.692 bits per heavy atom. The third-order valence-corrected chi connectivity index (χ3v) is 6.47. The van der Waals surface area contributed by atoms with Crippen LogP contribution >= 0.6 is 25.3 Å². The van der Waals surface area contributed by atoms with Gasteiger partial charge in [-0.1, -0.05) is 96.8 Å². The molecule has 0 spiro atoms. The highest BCUT2D eigenvalue weighted by atomic mass is 32.2. The fourth-order valence-electron chi connectivity index (χ4n) is 2.99. The highest BCUT2D eigenvalue weighted by molar-refractivity contribution is 7.99. The highest BCUT2D eigenvalue weighted by Gasteiger charge is 2.11. The molecule has 0 atom stereocenters. The fraction of sp³-hybridized carbons (Fsp3) is 1.00. The number of rotatable bonds is 20. The van der Waals surface area contributed by atoms with Gasteiger partial charge in [-0.25, -0.2) is 0 Å². The van der Waals surface area contributed by atoms with Gasteiger partial charge in [0.15, 0.2) is 0 Å². The molecule has 0 fully saturated rings. The summed E-state index contributed by atoms with van der Waals surface area (Å²) >= 11 is 8.16. The number of thiol groups is 2. The van der Waals surface area contributed by atoms with Crippen molar-refractivity contribution in [2.24, 2.45) is 0 Å². The van der Waals surface area contributed by atoms with Gasteiger partial charge in [0.2, 0.25) is 0 Å². The molecule has 0 aliphatic heterocycles. The van der Waals surface area contributed by atoms with E-state index in [2.05, 4.69) is 32.2 Å². The minimum Gasteiger partial charge on any atom is -0.270 e. The van der Waals surface area contributed by atoms with Gasteiger partial charge in [0.1, 0.15) is 0 Å². The van der Waals surface area contributed by atoms with Crippen molar-refractivity contribution in [3.8, 4) is 0 Å². The van der Waals surface area contributed by atoms with Crippen molar-refractivity contribution < 1.29 is 12.6 Å². The van der Waals surface area contributed by atoms with Gasteiger partial charge in [-0.3, -0.25) is 4.18 Å². The van der Waals surface area contributed by atoms with E-state index in [1.165, 1.54) is 77.0 Å². The molecule has 0 N–H and O–H groups in total. The maximum atomic E-state index is 11.7. The molecule has 0 radical (unpaired) electrons. The molecule has 0 aliphatic rings. The monoisotopic (exact) mass is 426 g/mol. The molecule has 0 aromatic heterocycles. The van der Waals surface area contributed by atoms with Crippen LogP contribution < -0.4 is 0 Å². The van der Waals surface area contributed by atoms with Gasteiger partial charge in [0.05, 0.1) is 12.4 Å². The Labute approximate surface area is 174 Å². The first-order valence-corrected chi connectivity index (χ1v) is 13.3. The number of hydrogen-bond acceptors (Lipinski definition) is 5. The van der Waals surface area contributed by atoms with Gasteiger partial charge in [-0.2, -0.15) is 33.7 Å². The summed E-state index contributed by atoms with van der Waals surface area (Å²) in [5, 5.41) is 0. The summed E-state index contributed by atoms with van der Waals surface area (Å²) in [4.78, 5) is 0. The molecule has 158 valence electrons. The molecule has 0 bridgehead atoms. The topological polar surface area (TPSA) is 43.4 Å². The maximum absolute atomic E-state index is 11.7. The molecule has 0 saturated heterocycles. The predicted molar refractivity (Wildman–Crippen MR) is 121 cm³/mol. The zero-order valence-corrected chi connectivity index (χ0v) is 19.4. The second-order valence-corrected chi connectivity index (χ2v) is 10.7. The summed E-state index contributed by atoms with van der Waals surface area (Å²) in [5.74, 6) is 0.134. The molecule has 26 heavy (non-hydrogen) atoms. The third kappa shape index (κ3) is 20.9. The van der Waals surface area contributed by atoms with Crippen LogP contribution in [0.5, 0.6) is 0 Å². The van der Waals surface area contributed by atoms with Gasteiger partial charge < -0.3 is 0 Å². The molecular weight excluding hydrogens is 384 g/mol. The van der Waals surface area contributed by atoms with Crippen LogP contribution in [0.15, 0.2) is 0 Å². The average molecular weight is 427 g/mol. The maximum Gasteiger partial charge on any atom is 0.267 e. The lowest BCUT2D eigenvalue weighted by molar-refractivity contribution is 0.316. The van der Waals surface area contributed by atoms with Crippen LogP contribution in [0.2, 0.25) is 0 Å². The summed E-state index contributed by atoms with van der Waals surface area (Å²) in [7, 11) is -3.36. The molecule has 0 aromatic rings. The van der Waals surface area contributed by atoms with E-state index in [1.54, 1.807) is 0 Å². The molecule has 0 aromatic carbocycles. The van der Waals surface area contributed by atoms with E-state index in [-0.39, 0.29) is 16.9 Å². The lowest BCUT2D eigenvalue weighted by Gasteiger charge is -2.07. The van der Waals surface area contributed by atoms with E-state index >= 15 is 0 Å². The van der Waals surface area contributed by atoms with E-state index in [9.17, 15) is 8.42 Å². The van der Waals surface area contributed by atoms with Crippen LogP contribution in [0.3, 0.4) is 0 Å². The van der Waals surface area contributed by atoms with E-state index in [0.717, 1.165) is 12.8 Å². The molecule has 0 saturated carbocycles. The molecular formula is C20H42O3S3. The normalized spacial score (nSPS) is 12.2. The molecule has 0 amide bonds. The van der Waals surface area contributed by atoms with Crippen LogP contribution in [-0.4, -0.2) is 25.4 Å². The van der Waals surface area contributed by atoms with Crippen LogP contribution in [-0.2, 0) is 14.3 Å². The Morgan fingerprint density at radius 3 is 1.46 bits per heavy atom. The molecule has 0 unspecified atom stereocenters. The Kier molecular flexibility index (Phi) is 19.4. The van der Waals surface area contributed by atoms with Crippen molar-refractivity contribution in [3.63, 3.8) is 0 Å². The highest BCUT2D eigenvalue weighted by Crippen LogP contribution is 2.14. The smallest absolute Gasteiger partial charge is 0.267 e. The van der Waals surface area contributed by atoms with Gasteiger partial charge >= 0.3 is 0 Å². The van der Waals surface area contributed by atoms with Crippen LogP contribution in [0.1, 0.15) is 110 Å². The Bertz CT molecular complexity index is 384. The quantitative estimate of drug-likeness (QED) is 0.0975. The molecule has 0 rings (SSSR count). The van der Waals surface area contributed by atoms with E-state index < -0.39 is 10.1 Å². The van der Waals surface area contributed by atoms with Crippen LogP contribution in [0.25, 0.3) is 0 Å². The second kappa shape index (κ2) is 18.9. The summed E-state index contributed by atoms with van der Waals surface area (Å²) in [6, 6.07) is 0. The Balaban J connectivity index is 3.26. The van der Waals surface area contributed by atoms with Crippen molar-refractivity contribution in [3.05, 3.63) is 0 Å². The molecule has 3 nitrogen and oxygen atoms in total. The van der Waals surface area contributed by atoms with Crippen molar-refractivity contribution in [2.45, 2.75) is 114 Å². The second-order valence-electron chi connectivity index (χ2n) is 7.30. The Hall–Kier alpha value is 0.610. The zero-order valence-electron chi connectivity index (χ0n) is 16.8. The van der Waals surface area contributed by atoms with Gasteiger partial charge in [0.25, 0.3) is 10.1 Å². The van der Waals surface area contributed by atoms with E-state index in [4.69, 9.17) is 4.18 Å². The lowest BCUT2D eigenvalue weighted by Crippen LogP contribution is -2.12. The standard InChI is InChI=1S/C20H42O3S3/c1-2-3-4-5-6-7-8-9-10-11-12-13-14-15-16-19-26(21,22)23-18-17-20(24)25/h20,24-25H,2-19H2,1H3. The van der Waals surface area contributed by atoms with Gasteiger partial charge in [-0.15, -0.1) is 0 Å². The van der Waals surface area contributed by atoms with Gasteiger partial charge in [0, 0.05) is 4.58 Å².